The molecule has 1 heterocycles. The van der Waals surface area contributed by atoms with Crippen molar-refractivity contribution in [3.05, 3.63) is 112 Å². The van der Waals surface area contributed by atoms with E-state index in [9.17, 15) is 0 Å². The van der Waals surface area contributed by atoms with Crippen LogP contribution in [0.15, 0.2) is 90.0 Å². The van der Waals surface area contributed by atoms with E-state index in [4.69, 9.17) is 0 Å². The van der Waals surface area contributed by atoms with E-state index in [2.05, 4.69) is 118 Å². The molecule has 1 nitrogen and oxygen atoms in total. The van der Waals surface area contributed by atoms with Gasteiger partial charge >= 0.3 is 0 Å². The zero-order valence-corrected chi connectivity index (χ0v) is 21.6. The Labute approximate surface area is 211 Å². The van der Waals surface area contributed by atoms with Gasteiger partial charge in [-0.1, -0.05) is 86.2 Å². The quantitative estimate of drug-likeness (QED) is 0.367. The lowest BCUT2D eigenvalue weighted by Crippen LogP contribution is -2.24. The van der Waals surface area contributed by atoms with Crippen molar-refractivity contribution in [1.82, 2.24) is 0 Å². The van der Waals surface area contributed by atoms with Crippen molar-refractivity contribution in [3.8, 4) is 11.1 Å². The van der Waals surface area contributed by atoms with Gasteiger partial charge in [0.15, 0.2) is 0 Å². The second-order valence-corrected chi connectivity index (χ2v) is 10.4. The highest BCUT2D eigenvalue weighted by molar-refractivity contribution is 5.77. The van der Waals surface area contributed by atoms with E-state index in [-0.39, 0.29) is 0 Å². The summed E-state index contributed by atoms with van der Waals surface area (Å²) >= 11 is 0. The Morgan fingerprint density at radius 2 is 1.69 bits per heavy atom. The molecule has 0 aromatic heterocycles. The molecule has 1 aliphatic carbocycles. The van der Waals surface area contributed by atoms with Crippen LogP contribution in [-0.2, 0) is 6.42 Å². The van der Waals surface area contributed by atoms with Gasteiger partial charge in [-0.3, -0.25) is 0 Å². The lowest BCUT2D eigenvalue weighted by Gasteiger charge is -2.32. The normalized spacial score (nSPS) is 15.9. The Morgan fingerprint density at radius 3 is 2.49 bits per heavy atom. The molecule has 1 aliphatic heterocycles. The SMILES string of the molecule is CC1=CCCC(/C=C/c2ccc(-c3ccc(N4CCCc5ccccc54)cc3C)c(C(C)C)c2)=C1. The number of benzene rings is 3. The summed E-state index contributed by atoms with van der Waals surface area (Å²) in [6.45, 7) is 10.1. The molecule has 2 aliphatic rings. The van der Waals surface area contributed by atoms with Crippen LogP contribution in [0.3, 0.4) is 0 Å². The summed E-state index contributed by atoms with van der Waals surface area (Å²) < 4.78 is 0. The molecule has 0 saturated heterocycles. The molecule has 1 heteroatoms. The molecule has 0 atom stereocenters. The molecule has 0 N–H and O–H groups in total. The molecule has 0 amide bonds. The maximum Gasteiger partial charge on any atom is 0.0443 e. The first-order chi connectivity index (χ1) is 17.0. The monoisotopic (exact) mass is 459 g/mol. The van der Waals surface area contributed by atoms with Gasteiger partial charge in [0.05, 0.1) is 0 Å². The number of nitrogens with zero attached hydrogens (tertiary/aromatic N) is 1. The molecule has 3 aromatic rings. The van der Waals surface area contributed by atoms with Gasteiger partial charge in [0.1, 0.15) is 0 Å². The molecule has 0 spiro atoms. The fraction of sp³-hybridized carbons (Fsp3) is 0.294. The fourth-order valence-electron chi connectivity index (χ4n) is 5.55. The molecule has 3 aromatic carbocycles. The standard InChI is InChI=1S/C34H37N/c1-24(2)33-23-28(15-14-27-10-7-9-25(3)21-27)16-18-32(33)31-19-17-30(22-26(31)4)35-20-8-12-29-11-5-6-13-34(29)35/h5-6,9,11,13-19,21-24H,7-8,10,12,20H2,1-4H3/b15-14+. The molecule has 0 radical (unpaired) electrons. The first-order valence-electron chi connectivity index (χ1n) is 13.2. The first kappa shape index (κ1) is 23.4. The highest BCUT2D eigenvalue weighted by atomic mass is 15.1. The van der Waals surface area contributed by atoms with Gasteiger partial charge < -0.3 is 4.90 Å². The minimum absolute atomic E-state index is 0.463. The maximum absolute atomic E-state index is 2.49. The summed E-state index contributed by atoms with van der Waals surface area (Å²) in [5.74, 6) is 0.463. The highest BCUT2D eigenvalue weighted by Gasteiger charge is 2.19. The molecule has 178 valence electrons. The van der Waals surface area contributed by atoms with Gasteiger partial charge in [-0.05, 0) is 103 Å². The molecular formula is C34H37N. The van der Waals surface area contributed by atoms with Crippen LogP contribution in [0.5, 0.6) is 0 Å². The largest absolute Gasteiger partial charge is 0.341 e. The third-order valence-corrected chi connectivity index (χ3v) is 7.42. The molecule has 5 rings (SSSR count). The maximum atomic E-state index is 2.49. The summed E-state index contributed by atoms with van der Waals surface area (Å²) in [5, 5.41) is 0. The van der Waals surface area contributed by atoms with E-state index in [0.717, 1.165) is 19.4 Å². The third kappa shape index (κ3) is 5.05. The zero-order chi connectivity index (χ0) is 24.4. The minimum Gasteiger partial charge on any atom is -0.341 e. The second kappa shape index (κ2) is 10.1. The number of anilines is 2. The van der Waals surface area contributed by atoms with Crippen molar-refractivity contribution in [2.24, 2.45) is 0 Å². The smallest absolute Gasteiger partial charge is 0.0443 e. The molecular weight excluding hydrogens is 422 g/mol. The molecule has 35 heavy (non-hydrogen) atoms. The van der Waals surface area contributed by atoms with Gasteiger partial charge in [-0.25, -0.2) is 0 Å². The van der Waals surface area contributed by atoms with Gasteiger partial charge in [-0.15, -0.1) is 0 Å². The summed E-state index contributed by atoms with van der Waals surface area (Å²) in [6, 6.07) is 22.9. The van der Waals surface area contributed by atoms with Crippen molar-refractivity contribution in [2.45, 2.75) is 59.3 Å². The van der Waals surface area contributed by atoms with Crippen LogP contribution < -0.4 is 4.90 Å². The van der Waals surface area contributed by atoms with E-state index in [1.807, 2.05) is 0 Å². The Hall–Kier alpha value is -3.32. The summed E-state index contributed by atoms with van der Waals surface area (Å²) in [6.07, 6.45) is 13.9. The van der Waals surface area contributed by atoms with E-state index in [1.165, 1.54) is 68.7 Å². The highest BCUT2D eigenvalue weighted by Crippen LogP contribution is 2.38. The average Bonchev–Trinajstić information content (AvgIpc) is 2.87. The van der Waals surface area contributed by atoms with Crippen LogP contribution in [0.25, 0.3) is 17.2 Å². The van der Waals surface area contributed by atoms with Crippen molar-refractivity contribution >= 4 is 17.5 Å². The van der Waals surface area contributed by atoms with Gasteiger partial charge in [0.25, 0.3) is 0 Å². The van der Waals surface area contributed by atoms with E-state index < -0.39 is 0 Å². The summed E-state index contributed by atoms with van der Waals surface area (Å²) in [5.41, 5.74) is 13.7. The fourth-order valence-corrected chi connectivity index (χ4v) is 5.55. The van der Waals surface area contributed by atoms with Crippen LogP contribution >= 0.6 is 0 Å². The van der Waals surface area contributed by atoms with Crippen LogP contribution in [0, 0.1) is 6.92 Å². The summed E-state index contributed by atoms with van der Waals surface area (Å²) in [4.78, 5) is 2.49. The Kier molecular flexibility index (Phi) is 6.77. The molecule has 0 unspecified atom stereocenters. The lowest BCUT2D eigenvalue weighted by molar-refractivity contribution is 0.766. The molecule has 0 fully saturated rings. The van der Waals surface area contributed by atoms with Crippen molar-refractivity contribution in [1.29, 1.82) is 0 Å². The number of aryl methyl sites for hydroxylation is 2. The van der Waals surface area contributed by atoms with Crippen molar-refractivity contribution in [3.63, 3.8) is 0 Å². The van der Waals surface area contributed by atoms with Crippen LogP contribution in [0.1, 0.15) is 68.2 Å². The number of para-hydroxylation sites is 1. The van der Waals surface area contributed by atoms with Crippen LogP contribution in [-0.4, -0.2) is 6.54 Å². The number of fused-ring (bicyclic) bond motifs is 1. The van der Waals surface area contributed by atoms with Crippen LogP contribution in [0.2, 0.25) is 0 Å². The number of allylic oxidation sites excluding steroid dienone is 5. The lowest BCUT2D eigenvalue weighted by atomic mass is 9.88. The number of hydrogen-bond acceptors (Lipinski definition) is 1. The van der Waals surface area contributed by atoms with E-state index >= 15 is 0 Å². The Bertz CT molecular complexity index is 1320. The topological polar surface area (TPSA) is 3.24 Å². The molecule has 0 saturated carbocycles. The molecule has 0 bridgehead atoms. The third-order valence-electron chi connectivity index (χ3n) is 7.42. The average molecular weight is 460 g/mol. The predicted molar refractivity (Wildman–Crippen MR) is 153 cm³/mol. The van der Waals surface area contributed by atoms with E-state index in [1.54, 1.807) is 0 Å². The Morgan fingerprint density at radius 1 is 0.857 bits per heavy atom. The second-order valence-electron chi connectivity index (χ2n) is 10.4. The predicted octanol–water partition coefficient (Wildman–Crippen LogP) is 9.55. The van der Waals surface area contributed by atoms with Gasteiger partial charge in [0.2, 0.25) is 0 Å². The number of hydrogen-bond donors (Lipinski definition) is 0. The van der Waals surface area contributed by atoms with Gasteiger partial charge in [0, 0.05) is 17.9 Å². The first-order valence-corrected chi connectivity index (χ1v) is 13.2. The minimum atomic E-state index is 0.463. The Balaban J connectivity index is 1.45. The van der Waals surface area contributed by atoms with Crippen LogP contribution in [0.4, 0.5) is 11.4 Å². The van der Waals surface area contributed by atoms with Crippen molar-refractivity contribution < 1.29 is 0 Å². The van der Waals surface area contributed by atoms with Crippen molar-refractivity contribution in [2.75, 3.05) is 11.4 Å². The number of rotatable bonds is 5. The summed E-state index contributed by atoms with van der Waals surface area (Å²) in [7, 11) is 0. The zero-order valence-electron chi connectivity index (χ0n) is 21.6. The van der Waals surface area contributed by atoms with E-state index in [0.29, 0.717) is 5.92 Å². The van der Waals surface area contributed by atoms with Gasteiger partial charge in [-0.2, -0.15) is 0 Å².